The highest BCUT2D eigenvalue weighted by Crippen LogP contribution is 2.31. The molecule has 0 aromatic carbocycles. The first-order valence-corrected chi connectivity index (χ1v) is 8.83. The Kier molecular flexibility index (Phi) is 5.97. The number of halogens is 1. The van der Waals surface area contributed by atoms with Crippen molar-refractivity contribution in [2.75, 3.05) is 20.1 Å². The molecule has 0 aliphatic rings. The summed E-state index contributed by atoms with van der Waals surface area (Å²) in [6.45, 7) is 4.06. The second-order valence-corrected chi connectivity index (χ2v) is 8.73. The number of carbonyl (C=O) groups is 1. The fourth-order valence-electron chi connectivity index (χ4n) is 1.46. The molecule has 0 aliphatic heterocycles. The van der Waals surface area contributed by atoms with Crippen molar-refractivity contribution >= 4 is 43.2 Å². The summed E-state index contributed by atoms with van der Waals surface area (Å²) >= 11 is 4.62. The second-order valence-electron chi connectivity index (χ2n) is 4.08. The van der Waals surface area contributed by atoms with E-state index >= 15 is 0 Å². The molecule has 0 radical (unpaired) electrons. The Hall–Kier alpha value is -0.440. The van der Waals surface area contributed by atoms with Gasteiger partial charge in [-0.25, -0.2) is 8.42 Å². The maximum Gasteiger partial charge on any atom is 0.244 e. The lowest BCUT2D eigenvalue weighted by molar-refractivity contribution is -0.121. The number of aryl methyl sites for hydroxylation is 1. The van der Waals surface area contributed by atoms with Crippen LogP contribution in [0.5, 0.6) is 0 Å². The predicted molar refractivity (Wildman–Crippen MR) is 79.9 cm³/mol. The van der Waals surface area contributed by atoms with Crippen LogP contribution in [0, 0.1) is 6.92 Å². The number of carbonyl (C=O) groups excluding carboxylic acids is 1. The zero-order chi connectivity index (χ0) is 14.6. The van der Waals surface area contributed by atoms with Gasteiger partial charge in [0.25, 0.3) is 0 Å². The number of rotatable bonds is 6. The number of hydrogen-bond donors (Lipinski definition) is 1. The molecule has 0 bridgehead atoms. The highest BCUT2D eigenvalue weighted by molar-refractivity contribution is 9.11. The smallest absolute Gasteiger partial charge is 0.244 e. The molecule has 1 rings (SSSR count). The minimum atomic E-state index is -3.62. The summed E-state index contributed by atoms with van der Waals surface area (Å²) in [5, 5.41) is 2.65. The molecule has 0 spiro atoms. The van der Waals surface area contributed by atoms with Gasteiger partial charge < -0.3 is 5.32 Å². The van der Waals surface area contributed by atoms with E-state index in [4.69, 9.17) is 0 Å². The van der Waals surface area contributed by atoms with Crippen LogP contribution in [0.25, 0.3) is 0 Å². The highest BCUT2D eigenvalue weighted by atomic mass is 79.9. The first-order chi connectivity index (χ1) is 8.78. The van der Waals surface area contributed by atoms with Gasteiger partial charge >= 0.3 is 0 Å². The van der Waals surface area contributed by atoms with E-state index in [1.54, 1.807) is 13.0 Å². The van der Waals surface area contributed by atoms with Gasteiger partial charge in [-0.1, -0.05) is 6.92 Å². The third kappa shape index (κ3) is 4.27. The van der Waals surface area contributed by atoms with Gasteiger partial charge in [-0.2, -0.15) is 4.31 Å². The van der Waals surface area contributed by atoms with Crippen LogP contribution in [0.1, 0.15) is 18.2 Å². The number of nitrogens with one attached hydrogen (secondary N) is 1. The van der Waals surface area contributed by atoms with Crippen LogP contribution in [0.3, 0.4) is 0 Å². The number of nitrogens with zero attached hydrogens (tertiary/aromatic N) is 1. The van der Waals surface area contributed by atoms with Crippen molar-refractivity contribution in [1.82, 2.24) is 9.62 Å². The van der Waals surface area contributed by atoms with Gasteiger partial charge in [-0.3, -0.25) is 4.79 Å². The third-order valence-corrected chi connectivity index (χ3v) is 6.08. The summed E-state index contributed by atoms with van der Waals surface area (Å²) < 4.78 is 26.4. The molecule has 0 aliphatic carbocycles. The van der Waals surface area contributed by atoms with Crippen LogP contribution < -0.4 is 5.32 Å². The van der Waals surface area contributed by atoms with Crippen LogP contribution >= 0.6 is 27.3 Å². The third-order valence-electron chi connectivity index (χ3n) is 2.47. The minimum Gasteiger partial charge on any atom is -0.355 e. The van der Waals surface area contributed by atoms with Crippen molar-refractivity contribution < 1.29 is 13.2 Å². The Morgan fingerprint density at radius 2 is 2.16 bits per heavy atom. The average molecular weight is 369 g/mol. The molecular weight excluding hydrogens is 352 g/mol. The molecule has 0 unspecified atom stereocenters. The Bertz CT molecular complexity index is 554. The number of likely N-dealkylation sites (N-methyl/N-ethyl adjacent to an activating group) is 1. The van der Waals surface area contributed by atoms with Gasteiger partial charge in [0.05, 0.1) is 15.2 Å². The van der Waals surface area contributed by atoms with Crippen LogP contribution in [-0.2, 0) is 14.8 Å². The monoisotopic (exact) mass is 368 g/mol. The Morgan fingerprint density at radius 1 is 1.53 bits per heavy atom. The maximum absolute atomic E-state index is 12.3. The first-order valence-electron chi connectivity index (χ1n) is 5.78. The molecule has 1 heterocycles. The summed E-state index contributed by atoms with van der Waals surface area (Å²) in [4.78, 5) is 12.5. The van der Waals surface area contributed by atoms with E-state index in [0.29, 0.717) is 11.4 Å². The van der Waals surface area contributed by atoms with E-state index in [1.807, 2.05) is 6.92 Å². The van der Waals surface area contributed by atoms with E-state index in [1.165, 1.54) is 18.4 Å². The average Bonchev–Trinajstić information content (AvgIpc) is 2.66. The SMILES string of the molecule is CCCNC(=O)CN(C)S(=O)(=O)c1cc(Br)sc1C. The quantitative estimate of drug-likeness (QED) is 0.834. The normalized spacial score (nSPS) is 11.8. The lowest BCUT2D eigenvalue weighted by Crippen LogP contribution is -2.38. The molecule has 1 aromatic heterocycles. The molecule has 0 atom stereocenters. The summed E-state index contributed by atoms with van der Waals surface area (Å²) in [6.07, 6.45) is 0.818. The molecule has 0 fully saturated rings. The van der Waals surface area contributed by atoms with Crippen molar-refractivity contribution in [3.05, 3.63) is 14.7 Å². The lowest BCUT2D eigenvalue weighted by Gasteiger charge is -2.16. The Morgan fingerprint density at radius 3 is 2.63 bits per heavy atom. The summed E-state index contributed by atoms with van der Waals surface area (Å²) in [7, 11) is -2.21. The van der Waals surface area contributed by atoms with E-state index < -0.39 is 10.0 Å². The minimum absolute atomic E-state index is 0.171. The number of amides is 1. The summed E-state index contributed by atoms with van der Waals surface area (Å²) in [6, 6.07) is 1.57. The zero-order valence-corrected chi connectivity index (χ0v) is 14.3. The standard InChI is InChI=1S/C11H17BrN2O3S2/c1-4-5-13-11(15)7-14(3)19(16,17)9-6-10(12)18-8(9)2/h6H,4-5,7H2,1-3H3,(H,13,15). The van der Waals surface area contributed by atoms with E-state index in [0.717, 1.165) is 14.5 Å². The molecule has 0 saturated carbocycles. The van der Waals surface area contributed by atoms with Gasteiger partial charge in [0, 0.05) is 18.5 Å². The molecule has 8 heteroatoms. The van der Waals surface area contributed by atoms with Gasteiger partial charge in [-0.05, 0) is 35.3 Å². The molecule has 1 aromatic rings. The number of hydrogen-bond acceptors (Lipinski definition) is 4. The van der Waals surface area contributed by atoms with E-state index in [2.05, 4.69) is 21.2 Å². The lowest BCUT2D eigenvalue weighted by atomic mass is 10.4. The summed E-state index contributed by atoms with van der Waals surface area (Å²) in [5.74, 6) is -0.292. The largest absolute Gasteiger partial charge is 0.355 e. The van der Waals surface area contributed by atoms with E-state index in [9.17, 15) is 13.2 Å². The number of thiophene rings is 1. The molecule has 5 nitrogen and oxygen atoms in total. The predicted octanol–water partition coefficient (Wildman–Crippen LogP) is 1.97. The second kappa shape index (κ2) is 6.83. The van der Waals surface area contributed by atoms with Crippen molar-refractivity contribution in [2.45, 2.75) is 25.2 Å². The molecular formula is C11H17BrN2O3S2. The molecule has 0 saturated heterocycles. The fraction of sp³-hybridized carbons (Fsp3) is 0.545. The van der Waals surface area contributed by atoms with Crippen molar-refractivity contribution in [3.63, 3.8) is 0 Å². The van der Waals surface area contributed by atoms with Crippen molar-refractivity contribution in [3.8, 4) is 0 Å². The molecule has 108 valence electrons. The topological polar surface area (TPSA) is 66.5 Å². The first kappa shape index (κ1) is 16.6. The van der Waals surface area contributed by atoms with Crippen LogP contribution in [-0.4, -0.2) is 38.8 Å². The van der Waals surface area contributed by atoms with Gasteiger partial charge in [-0.15, -0.1) is 11.3 Å². The van der Waals surface area contributed by atoms with Crippen LogP contribution in [0.2, 0.25) is 0 Å². The van der Waals surface area contributed by atoms with Gasteiger partial charge in [0.2, 0.25) is 15.9 Å². The van der Waals surface area contributed by atoms with Crippen molar-refractivity contribution in [2.24, 2.45) is 0 Å². The van der Waals surface area contributed by atoms with Crippen LogP contribution in [0.15, 0.2) is 14.7 Å². The van der Waals surface area contributed by atoms with Crippen LogP contribution in [0.4, 0.5) is 0 Å². The molecule has 1 N–H and O–H groups in total. The highest BCUT2D eigenvalue weighted by Gasteiger charge is 2.26. The summed E-state index contributed by atoms with van der Waals surface area (Å²) in [5.41, 5.74) is 0. The molecule has 1 amide bonds. The number of sulfonamides is 1. The molecule has 19 heavy (non-hydrogen) atoms. The zero-order valence-electron chi connectivity index (χ0n) is 11.1. The Balaban J connectivity index is 2.83. The van der Waals surface area contributed by atoms with Gasteiger partial charge in [0.15, 0.2) is 0 Å². The van der Waals surface area contributed by atoms with E-state index in [-0.39, 0.29) is 17.3 Å². The van der Waals surface area contributed by atoms with Crippen molar-refractivity contribution in [1.29, 1.82) is 0 Å². The van der Waals surface area contributed by atoms with Gasteiger partial charge in [0.1, 0.15) is 0 Å². The maximum atomic E-state index is 12.3. The fourth-order valence-corrected chi connectivity index (χ4v) is 4.97. The Labute approximate surface area is 126 Å².